The Labute approximate surface area is 329 Å². The number of hydrogen-bond acceptors (Lipinski definition) is 13. The van der Waals surface area contributed by atoms with E-state index < -0.39 is 86.8 Å². The van der Waals surface area contributed by atoms with Gasteiger partial charge in [-0.25, -0.2) is 0 Å². The molecule has 14 nitrogen and oxygen atoms in total. The van der Waals surface area contributed by atoms with Crippen molar-refractivity contribution < 1.29 is 64.6 Å². The van der Waals surface area contributed by atoms with Crippen molar-refractivity contribution in [2.45, 2.75) is 222 Å². The highest BCUT2D eigenvalue weighted by molar-refractivity contribution is 5.76. The summed E-state index contributed by atoms with van der Waals surface area (Å²) in [4.78, 5) is 13.0. The van der Waals surface area contributed by atoms with E-state index in [2.05, 4.69) is 19.2 Å². The van der Waals surface area contributed by atoms with Gasteiger partial charge in [0.2, 0.25) is 5.91 Å². The van der Waals surface area contributed by atoms with Gasteiger partial charge < -0.3 is 65.1 Å². The van der Waals surface area contributed by atoms with E-state index in [0.717, 1.165) is 38.5 Å². The fourth-order valence-corrected chi connectivity index (χ4v) is 7.11. The number of hydrogen-bond donors (Lipinski definition) is 9. The Balaban J connectivity index is 1.93. The Morgan fingerprint density at radius 3 is 1.67 bits per heavy atom. The molecule has 2 aliphatic heterocycles. The van der Waals surface area contributed by atoms with Gasteiger partial charge in [0.05, 0.1) is 32.0 Å². The van der Waals surface area contributed by atoms with Gasteiger partial charge in [-0.05, 0) is 19.3 Å². The van der Waals surface area contributed by atoms with Gasteiger partial charge in [0.25, 0.3) is 0 Å². The van der Waals surface area contributed by atoms with Gasteiger partial charge in [0.1, 0.15) is 48.8 Å². The third kappa shape index (κ3) is 18.9. The molecule has 12 unspecified atom stereocenters. The Hall–Kier alpha value is -1.27. The second kappa shape index (κ2) is 29.9. The lowest BCUT2D eigenvalue weighted by atomic mass is 9.97. The SMILES string of the molecule is CCCCCCCCC/C=C/C(O)C(COC1OC(CO)C(OC2OC(CO)C(O)C(O)C2O)C(O)C1O)NC(=O)CCCCCCCCCCCCCC. The van der Waals surface area contributed by atoms with Crippen LogP contribution in [0.25, 0.3) is 0 Å². The number of carbonyl (C=O) groups excluding carboxylic acids is 1. The second-order valence-corrected chi connectivity index (χ2v) is 15.5. The molecule has 55 heavy (non-hydrogen) atoms. The lowest BCUT2D eigenvalue weighted by Crippen LogP contribution is -2.65. The lowest BCUT2D eigenvalue weighted by molar-refractivity contribution is -0.359. The molecule has 324 valence electrons. The second-order valence-electron chi connectivity index (χ2n) is 15.5. The number of aliphatic hydroxyl groups is 8. The van der Waals surface area contributed by atoms with Crippen LogP contribution in [0.15, 0.2) is 12.2 Å². The predicted molar refractivity (Wildman–Crippen MR) is 208 cm³/mol. The third-order valence-electron chi connectivity index (χ3n) is 10.7. The maximum absolute atomic E-state index is 13.0. The van der Waals surface area contributed by atoms with E-state index >= 15 is 0 Å². The van der Waals surface area contributed by atoms with Crippen LogP contribution in [0, 0.1) is 0 Å². The molecule has 2 aliphatic rings. The first kappa shape index (κ1) is 49.9. The summed E-state index contributed by atoms with van der Waals surface area (Å²) in [5, 5.41) is 86.1. The molecule has 9 N–H and O–H groups in total. The van der Waals surface area contributed by atoms with Gasteiger partial charge >= 0.3 is 0 Å². The van der Waals surface area contributed by atoms with Crippen LogP contribution < -0.4 is 5.32 Å². The summed E-state index contributed by atoms with van der Waals surface area (Å²) in [5.74, 6) is -0.244. The Morgan fingerprint density at radius 1 is 0.636 bits per heavy atom. The highest BCUT2D eigenvalue weighted by Crippen LogP contribution is 2.30. The molecule has 0 bridgehead atoms. The summed E-state index contributed by atoms with van der Waals surface area (Å²) in [5.41, 5.74) is 0. The minimum Gasteiger partial charge on any atom is -0.394 e. The molecule has 2 rings (SSSR count). The molecular weight excluding hydrogens is 714 g/mol. The van der Waals surface area contributed by atoms with E-state index in [-0.39, 0.29) is 18.9 Å². The highest BCUT2D eigenvalue weighted by Gasteiger charge is 2.50. The van der Waals surface area contributed by atoms with E-state index in [9.17, 15) is 45.6 Å². The van der Waals surface area contributed by atoms with Gasteiger partial charge in [-0.3, -0.25) is 4.79 Å². The normalized spacial score (nSPS) is 29.8. The molecule has 0 radical (unpaired) electrons. The van der Waals surface area contributed by atoms with E-state index in [1.165, 1.54) is 83.5 Å². The van der Waals surface area contributed by atoms with Crippen molar-refractivity contribution in [1.82, 2.24) is 5.32 Å². The molecular formula is C41H77NO13. The third-order valence-corrected chi connectivity index (χ3v) is 10.7. The number of ether oxygens (including phenoxy) is 4. The Kier molecular flexibility index (Phi) is 27.1. The Morgan fingerprint density at radius 2 is 1.13 bits per heavy atom. The van der Waals surface area contributed by atoms with Crippen molar-refractivity contribution in [2.75, 3.05) is 19.8 Å². The van der Waals surface area contributed by atoms with Gasteiger partial charge in [0, 0.05) is 6.42 Å². The van der Waals surface area contributed by atoms with Crippen molar-refractivity contribution in [2.24, 2.45) is 0 Å². The van der Waals surface area contributed by atoms with Gasteiger partial charge in [0.15, 0.2) is 12.6 Å². The highest BCUT2D eigenvalue weighted by atomic mass is 16.7. The molecule has 0 aromatic heterocycles. The molecule has 2 saturated heterocycles. The number of nitrogens with one attached hydrogen (secondary N) is 1. The summed E-state index contributed by atoms with van der Waals surface area (Å²) < 4.78 is 22.5. The standard InChI is InChI=1S/C41H77NO13/c1-3-5-7-9-11-13-14-15-17-19-21-23-25-33(46)42-29(30(45)24-22-20-18-16-12-10-8-6-4-2)28-52-40-38(51)36(49)39(32(27-44)54-40)55-41-37(50)35(48)34(47)31(26-43)53-41/h22,24,29-32,34-41,43-45,47-51H,3-21,23,25-28H2,1-2H3,(H,42,46)/b24-22+. The molecule has 0 saturated carbocycles. The van der Waals surface area contributed by atoms with Crippen LogP contribution in [0.4, 0.5) is 0 Å². The van der Waals surface area contributed by atoms with E-state index in [4.69, 9.17) is 18.9 Å². The molecule has 0 aromatic rings. The molecule has 0 aliphatic carbocycles. The van der Waals surface area contributed by atoms with Gasteiger partial charge in [-0.15, -0.1) is 0 Å². The first-order valence-corrected chi connectivity index (χ1v) is 21.4. The topological polar surface area (TPSA) is 228 Å². The lowest BCUT2D eigenvalue weighted by Gasteiger charge is -2.46. The summed E-state index contributed by atoms with van der Waals surface area (Å²) in [7, 11) is 0. The molecule has 2 heterocycles. The average molecular weight is 792 g/mol. The summed E-state index contributed by atoms with van der Waals surface area (Å²) >= 11 is 0. The fraction of sp³-hybridized carbons (Fsp3) is 0.927. The van der Waals surface area contributed by atoms with Gasteiger partial charge in [-0.2, -0.15) is 0 Å². The zero-order valence-electron chi connectivity index (χ0n) is 33.7. The van der Waals surface area contributed by atoms with Crippen molar-refractivity contribution in [3.05, 3.63) is 12.2 Å². The number of allylic oxidation sites excluding steroid dienone is 1. The number of unbranched alkanes of at least 4 members (excludes halogenated alkanes) is 18. The summed E-state index contributed by atoms with van der Waals surface area (Å²) in [6, 6.07) is -0.904. The van der Waals surface area contributed by atoms with Crippen LogP contribution in [0.3, 0.4) is 0 Å². The number of amides is 1. The summed E-state index contributed by atoms with van der Waals surface area (Å²) in [6.45, 7) is 2.71. The van der Waals surface area contributed by atoms with Crippen LogP contribution in [-0.2, 0) is 23.7 Å². The first-order chi connectivity index (χ1) is 26.6. The van der Waals surface area contributed by atoms with Crippen LogP contribution in [0.5, 0.6) is 0 Å². The molecule has 14 heteroatoms. The van der Waals surface area contributed by atoms with Crippen LogP contribution in [0.2, 0.25) is 0 Å². The molecule has 12 atom stereocenters. The van der Waals surface area contributed by atoms with Crippen molar-refractivity contribution in [3.8, 4) is 0 Å². The summed E-state index contributed by atoms with van der Waals surface area (Å²) in [6.07, 6.45) is 9.91. The number of carbonyl (C=O) groups is 1. The quantitative estimate of drug-likeness (QED) is 0.0364. The smallest absolute Gasteiger partial charge is 0.220 e. The van der Waals surface area contributed by atoms with Crippen molar-refractivity contribution in [1.29, 1.82) is 0 Å². The Bertz CT molecular complexity index is 988. The minimum atomic E-state index is -1.78. The largest absolute Gasteiger partial charge is 0.394 e. The predicted octanol–water partition coefficient (Wildman–Crippen LogP) is 3.26. The molecule has 0 spiro atoms. The average Bonchev–Trinajstić information content (AvgIpc) is 3.18. The monoisotopic (exact) mass is 792 g/mol. The first-order valence-electron chi connectivity index (χ1n) is 21.4. The van der Waals surface area contributed by atoms with E-state index in [1.54, 1.807) is 6.08 Å². The number of aliphatic hydroxyl groups excluding tert-OH is 8. The molecule has 1 amide bonds. The molecule has 2 fully saturated rings. The van der Waals surface area contributed by atoms with Crippen LogP contribution >= 0.6 is 0 Å². The van der Waals surface area contributed by atoms with E-state index in [0.29, 0.717) is 6.42 Å². The van der Waals surface area contributed by atoms with E-state index in [1.807, 2.05) is 6.08 Å². The van der Waals surface area contributed by atoms with Crippen LogP contribution in [-0.4, -0.2) is 140 Å². The van der Waals surface area contributed by atoms with Crippen molar-refractivity contribution in [3.63, 3.8) is 0 Å². The maximum Gasteiger partial charge on any atom is 0.220 e. The molecule has 0 aromatic carbocycles. The zero-order valence-corrected chi connectivity index (χ0v) is 33.7. The maximum atomic E-state index is 13.0. The van der Waals surface area contributed by atoms with Gasteiger partial charge in [-0.1, -0.05) is 135 Å². The van der Waals surface area contributed by atoms with Crippen LogP contribution in [0.1, 0.15) is 149 Å². The number of rotatable bonds is 31. The zero-order chi connectivity index (χ0) is 40.4. The van der Waals surface area contributed by atoms with Crippen molar-refractivity contribution >= 4 is 5.91 Å². The fourth-order valence-electron chi connectivity index (χ4n) is 7.11. The minimum absolute atomic E-state index is 0.244.